The Morgan fingerprint density at radius 3 is 2.93 bits per heavy atom. The Hall–Kier alpha value is -0.860. The van der Waals surface area contributed by atoms with Crippen molar-refractivity contribution in [2.75, 3.05) is 0 Å². The number of carbonyl (C=O) groups is 1. The quantitative estimate of drug-likeness (QED) is 0.707. The molecule has 1 nitrogen and oxygen atoms in total. The fraction of sp³-hybridized carbons (Fsp3) is 0.182. The summed E-state index contributed by atoms with van der Waals surface area (Å²) < 4.78 is 1.08. The van der Waals surface area contributed by atoms with Crippen LogP contribution in [0.5, 0.6) is 0 Å². The normalized spacial score (nSPS) is 10.7. The number of rotatable bonds is 2. The molecule has 2 rings (SSSR count). The van der Waals surface area contributed by atoms with Crippen molar-refractivity contribution in [1.29, 1.82) is 0 Å². The molecular weight excluding hydrogens is 216 g/mol. The summed E-state index contributed by atoms with van der Waals surface area (Å²) in [6.07, 6.45) is 1.79. The van der Waals surface area contributed by atoms with Crippen molar-refractivity contribution in [3.63, 3.8) is 0 Å². The molecular formula is C11H9ClOS. The molecule has 0 saturated heterocycles. The van der Waals surface area contributed by atoms with Crippen LogP contribution in [0.2, 0.25) is 5.02 Å². The third-order valence-electron chi connectivity index (χ3n) is 2.23. The van der Waals surface area contributed by atoms with Gasteiger partial charge in [-0.25, -0.2) is 0 Å². The van der Waals surface area contributed by atoms with E-state index < -0.39 is 0 Å². The molecule has 2 aromatic rings. The Bertz CT molecular complexity index is 487. The summed E-state index contributed by atoms with van der Waals surface area (Å²) in [7, 11) is 0. The Kier molecular flexibility index (Phi) is 2.57. The lowest BCUT2D eigenvalue weighted by Crippen LogP contribution is -1.80. The van der Waals surface area contributed by atoms with Crippen LogP contribution < -0.4 is 0 Å². The number of aryl methyl sites for hydroxylation is 1. The number of carbonyl (C=O) groups excluding carboxylic acids is 1. The van der Waals surface area contributed by atoms with Crippen molar-refractivity contribution >= 4 is 39.3 Å². The fourth-order valence-electron chi connectivity index (χ4n) is 1.47. The molecule has 0 aliphatic carbocycles. The summed E-state index contributed by atoms with van der Waals surface area (Å²) in [5.41, 5.74) is 1.13. The van der Waals surface area contributed by atoms with E-state index in [1.807, 2.05) is 18.2 Å². The first-order valence-corrected chi connectivity index (χ1v) is 5.61. The van der Waals surface area contributed by atoms with Gasteiger partial charge in [0.15, 0.2) is 6.29 Å². The van der Waals surface area contributed by atoms with Gasteiger partial charge in [0.25, 0.3) is 0 Å². The van der Waals surface area contributed by atoms with Crippen LogP contribution in [0.1, 0.15) is 22.2 Å². The number of hydrogen-bond acceptors (Lipinski definition) is 2. The highest BCUT2D eigenvalue weighted by atomic mass is 35.5. The predicted octanol–water partition coefficient (Wildman–Crippen LogP) is 3.93. The maximum Gasteiger partial charge on any atom is 0.160 e. The highest BCUT2D eigenvalue weighted by Crippen LogP contribution is 2.33. The topological polar surface area (TPSA) is 17.1 Å². The standard InChI is InChI=1S/C11H9ClOS/c1-2-7-3-4-10-9(11(7)12)5-8(6-13)14-10/h3-6H,2H2,1H3. The van der Waals surface area contributed by atoms with Gasteiger partial charge >= 0.3 is 0 Å². The summed E-state index contributed by atoms with van der Waals surface area (Å²) in [4.78, 5) is 11.3. The van der Waals surface area contributed by atoms with Crippen LogP contribution in [-0.4, -0.2) is 6.29 Å². The van der Waals surface area contributed by atoms with E-state index in [2.05, 4.69) is 6.92 Å². The lowest BCUT2D eigenvalue weighted by Gasteiger charge is -2.00. The Balaban J connectivity index is 2.74. The van der Waals surface area contributed by atoms with Crippen molar-refractivity contribution in [2.45, 2.75) is 13.3 Å². The van der Waals surface area contributed by atoms with E-state index in [1.54, 1.807) is 0 Å². The zero-order valence-electron chi connectivity index (χ0n) is 7.71. The molecule has 0 aliphatic rings. The molecule has 0 spiro atoms. The highest BCUT2D eigenvalue weighted by Gasteiger charge is 2.07. The van der Waals surface area contributed by atoms with Gasteiger partial charge in [0, 0.05) is 10.1 Å². The summed E-state index contributed by atoms with van der Waals surface area (Å²) in [6.45, 7) is 2.07. The van der Waals surface area contributed by atoms with Crippen molar-refractivity contribution in [2.24, 2.45) is 0 Å². The largest absolute Gasteiger partial charge is 0.297 e. The van der Waals surface area contributed by atoms with Gasteiger partial charge in [-0.3, -0.25) is 4.79 Å². The van der Waals surface area contributed by atoms with Crippen LogP contribution >= 0.6 is 22.9 Å². The van der Waals surface area contributed by atoms with Crippen molar-refractivity contribution in [3.05, 3.63) is 33.7 Å². The Morgan fingerprint density at radius 2 is 2.29 bits per heavy atom. The first kappa shape index (κ1) is 9.69. The molecule has 0 bridgehead atoms. The number of benzene rings is 1. The second kappa shape index (κ2) is 3.71. The maximum atomic E-state index is 10.6. The Labute approximate surface area is 91.3 Å². The average Bonchev–Trinajstić information content (AvgIpc) is 2.62. The minimum absolute atomic E-state index is 0.732. The molecule has 1 heterocycles. The number of fused-ring (bicyclic) bond motifs is 1. The molecule has 0 saturated carbocycles. The van der Waals surface area contributed by atoms with E-state index in [9.17, 15) is 4.79 Å². The zero-order chi connectivity index (χ0) is 10.1. The van der Waals surface area contributed by atoms with Gasteiger partial charge in [-0.2, -0.15) is 0 Å². The minimum Gasteiger partial charge on any atom is -0.297 e. The molecule has 0 amide bonds. The minimum atomic E-state index is 0.732. The molecule has 14 heavy (non-hydrogen) atoms. The van der Waals surface area contributed by atoms with Crippen LogP contribution in [0.4, 0.5) is 0 Å². The second-order valence-corrected chi connectivity index (χ2v) is 4.56. The number of aldehydes is 1. The van der Waals surface area contributed by atoms with Crippen LogP contribution in [0.15, 0.2) is 18.2 Å². The van der Waals surface area contributed by atoms with Gasteiger partial charge in [0.1, 0.15) is 0 Å². The first-order chi connectivity index (χ1) is 6.76. The third kappa shape index (κ3) is 1.45. The molecule has 1 aromatic heterocycles. The molecule has 0 atom stereocenters. The van der Waals surface area contributed by atoms with Gasteiger partial charge in [0.05, 0.1) is 9.90 Å². The van der Waals surface area contributed by atoms with Crippen LogP contribution in [0.25, 0.3) is 10.1 Å². The highest BCUT2D eigenvalue weighted by molar-refractivity contribution is 7.20. The molecule has 72 valence electrons. The second-order valence-electron chi connectivity index (χ2n) is 3.07. The number of halogens is 1. The molecule has 1 aromatic carbocycles. The summed E-state index contributed by atoms with van der Waals surface area (Å²) in [6, 6.07) is 5.90. The van der Waals surface area contributed by atoms with Gasteiger partial charge in [0.2, 0.25) is 0 Å². The smallest absolute Gasteiger partial charge is 0.160 e. The van der Waals surface area contributed by atoms with Gasteiger partial charge in [-0.1, -0.05) is 24.6 Å². The molecule has 3 heteroatoms. The fourth-order valence-corrected chi connectivity index (χ4v) is 2.77. The first-order valence-electron chi connectivity index (χ1n) is 4.42. The van der Waals surface area contributed by atoms with Crippen molar-refractivity contribution in [3.8, 4) is 0 Å². The molecule has 0 unspecified atom stereocenters. The van der Waals surface area contributed by atoms with E-state index in [1.165, 1.54) is 11.3 Å². The van der Waals surface area contributed by atoms with E-state index in [0.717, 1.165) is 38.3 Å². The van der Waals surface area contributed by atoms with Crippen LogP contribution in [-0.2, 0) is 6.42 Å². The van der Waals surface area contributed by atoms with E-state index in [4.69, 9.17) is 11.6 Å². The van der Waals surface area contributed by atoms with Gasteiger partial charge < -0.3 is 0 Å². The predicted molar refractivity (Wildman–Crippen MR) is 61.6 cm³/mol. The van der Waals surface area contributed by atoms with E-state index in [0.29, 0.717) is 0 Å². The van der Waals surface area contributed by atoms with Gasteiger partial charge in [-0.15, -0.1) is 11.3 Å². The Morgan fingerprint density at radius 1 is 1.50 bits per heavy atom. The number of thiophene rings is 1. The molecule has 0 N–H and O–H groups in total. The summed E-state index contributed by atoms with van der Waals surface area (Å²) in [5.74, 6) is 0. The number of hydrogen-bond donors (Lipinski definition) is 0. The lowest BCUT2D eigenvalue weighted by atomic mass is 10.1. The SMILES string of the molecule is CCc1ccc2sc(C=O)cc2c1Cl. The maximum absolute atomic E-state index is 10.6. The van der Waals surface area contributed by atoms with Crippen LogP contribution in [0, 0.1) is 0 Å². The summed E-state index contributed by atoms with van der Waals surface area (Å²) in [5, 5.41) is 1.78. The molecule has 0 fully saturated rings. The lowest BCUT2D eigenvalue weighted by molar-refractivity contribution is 0.112. The van der Waals surface area contributed by atoms with Crippen molar-refractivity contribution < 1.29 is 4.79 Å². The summed E-state index contributed by atoms with van der Waals surface area (Å²) >= 11 is 7.68. The van der Waals surface area contributed by atoms with E-state index in [-0.39, 0.29) is 0 Å². The third-order valence-corrected chi connectivity index (χ3v) is 3.70. The van der Waals surface area contributed by atoms with Gasteiger partial charge in [-0.05, 0) is 24.1 Å². The van der Waals surface area contributed by atoms with Crippen LogP contribution in [0.3, 0.4) is 0 Å². The monoisotopic (exact) mass is 224 g/mol. The average molecular weight is 225 g/mol. The molecule has 0 radical (unpaired) electrons. The zero-order valence-corrected chi connectivity index (χ0v) is 9.28. The molecule has 0 aliphatic heterocycles. The van der Waals surface area contributed by atoms with E-state index >= 15 is 0 Å². The van der Waals surface area contributed by atoms with Crippen molar-refractivity contribution in [1.82, 2.24) is 0 Å².